The molecule has 1 heterocycles. The van der Waals surface area contributed by atoms with Gasteiger partial charge in [0.05, 0.1) is 0 Å². The maximum atomic E-state index is 3.55. The van der Waals surface area contributed by atoms with Crippen LogP contribution < -0.4 is 5.32 Å². The average Bonchev–Trinajstić information content (AvgIpc) is 2.48. The number of hydrogen-bond donors (Lipinski definition) is 1. The highest BCUT2D eigenvalue weighted by Crippen LogP contribution is 2.44. The first-order chi connectivity index (χ1) is 9.59. The Kier molecular flexibility index (Phi) is 3.87. The van der Waals surface area contributed by atoms with E-state index in [-0.39, 0.29) is 0 Å². The maximum absolute atomic E-state index is 3.55. The Balaban J connectivity index is 1.87. The highest BCUT2D eigenvalue weighted by atomic mass is 15.2. The van der Waals surface area contributed by atoms with Crippen molar-refractivity contribution in [1.29, 1.82) is 0 Å². The van der Waals surface area contributed by atoms with Crippen molar-refractivity contribution in [1.82, 2.24) is 10.2 Å². The number of hydrogen-bond acceptors (Lipinski definition) is 2. The first-order valence-corrected chi connectivity index (χ1v) is 8.12. The van der Waals surface area contributed by atoms with Gasteiger partial charge in [0.1, 0.15) is 0 Å². The van der Waals surface area contributed by atoms with E-state index >= 15 is 0 Å². The summed E-state index contributed by atoms with van der Waals surface area (Å²) in [5.41, 5.74) is 3.46. The number of benzene rings is 1. The van der Waals surface area contributed by atoms with Gasteiger partial charge in [0.25, 0.3) is 0 Å². The number of likely N-dealkylation sites (N-methyl/N-ethyl adjacent to an activating group) is 1. The van der Waals surface area contributed by atoms with Gasteiger partial charge in [-0.3, -0.25) is 4.90 Å². The van der Waals surface area contributed by atoms with Gasteiger partial charge in [0, 0.05) is 18.6 Å². The van der Waals surface area contributed by atoms with Crippen molar-refractivity contribution in [3.8, 4) is 0 Å². The molecule has 0 aromatic heterocycles. The normalized spacial score (nSPS) is 29.2. The quantitative estimate of drug-likeness (QED) is 0.886. The third kappa shape index (κ3) is 2.51. The lowest BCUT2D eigenvalue weighted by Crippen LogP contribution is -2.47. The van der Waals surface area contributed by atoms with Crippen LogP contribution in [0.1, 0.15) is 56.7 Å². The van der Waals surface area contributed by atoms with Crippen molar-refractivity contribution in [3.63, 3.8) is 0 Å². The molecule has 0 radical (unpaired) electrons. The van der Waals surface area contributed by atoms with Crippen LogP contribution in [0.25, 0.3) is 0 Å². The van der Waals surface area contributed by atoms with Gasteiger partial charge in [0.2, 0.25) is 0 Å². The Bertz CT molecular complexity index is 460. The molecule has 1 fully saturated rings. The Morgan fingerprint density at radius 1 is 1.20 bits per heavy atom. The molecule has 0 bridgehead atoms. The zero-order valence-electron chi connectivity index (χ0n) is 13.2. The largest absolute Gasteiger partial charge is 0.315 e. The van der Waals surface area contributed by atoms with E-state index in [2.05, 4.69) is 55.4 Å². The molecule has 110 valence electrons. The van der Waals surface area contributed by atoms with Gasteiger partial charge in [-0.25, -0.2) is 0 Å². The molecule has 20 heavy (non-hydrogen) atoms. The van der Waals surface area contributed by atoms with E-state index in [9.17, 15) is 0 Å². The number of piperidine rings is 1. The Morgan fingerprint density at radius 2 is 2.00 bits per heavy atom. The van der Waals surface area contributed by atoms with Gasteiger partial charge < -0.3 is 5.32 Å². The molecular weight excluding hydrogens is 244 g/mol. The monoisotopic (exact) mass is 272 g/mol. The predicted molar refractivity (Wildman–Crippen MR) is 85.1 cm³/mol. The van der Waals surface area contributed by atoms with Crippen LogP contribution >= 0.6 is 0 Å². The molecule has 1 aromatic rings. The summed E-state index contributed by atoms with van der Waals surface area (Å²) < 4.78 is 0. The Labute approximate surface area is 123 Å². The van der Waals surface area contributed by atoms with Gasteiger partial charge in [-0.2, -0.15) is 0 Å². The minimum atomic E-state index is 0.332. The van der Waals surface area contributed by atoms with E-state index in [4.69, 9.17) is 0 Å². The molecule has 3 rings (SSSR count). The fourth-order valence-electron chi connectivity index (χ4n) is 4.05. The minimum Gasteiger partial charge on any atom is -0.315 e. The fourth-order valence-corrected chi connectivity index (χ4v) is 4.05. The summed E-state index contributed by atoms with van der Waals surface area (Å²) >= 11 is 0. The molecule has 1 N–H and O–H groups in total. The Morgan fingerprint density at radius 3 is 2.75 bits per heavy atom. The van der Waals surface area contributed by atoms with Crippen molar-refractivity contribution in [2.75, 3.05) is 20.1 Å². The number of fused-ring (bicyclic) bond motifs is 1. The van der Waals surface area contributed by atoms with Crippen LogP contribution in [0.5, 0.6) is 0 Å². The third-order valence-corrected chi connectivity index (χ3v) is 5.43. The fraction of sp³-hybridized carbons (Fsp3) is 0.667. The summed E-state index contributed by atoms with van der Waals surface area (Å²) in [5, 5.41) is 3.55. The average molecular weight is 272 g/mol. The lowest BCUT2D eigenvalue weighted by atomic mass is 9.70. The second-order valence-electron chi connectivity index (χ2n) is 7.19. The standard InChI is InChI=1S/C18H28N2/c1-18(2)11-10-17(15-8-4-5-9-16(15)18)20(3)14-7-6-12-19-13-14/h4-5,8-9,14,17,19H,6-7,10-13H2,1-3H3. The SMILES string of the molecule is CN(C1CCCNC1)C1CCC(C)(C)c2ccccc21. The number of nitrogens with one attached hydrogen (secondary N) is 1. The van der Waals surface area contributed by atoms with Crippen molar-refractivity contribution in [3.05, 3.63) is 35.4 Å². The number of rotatable bonds is 2. The first-order valence-electron chi connectivity index (χ1n) is 8.12. The van der Waals surface area contributed by atoms with Crippen LogP contribution in [0, 0.1) is 0 Å². The number of nitrogens with zero attached hydrogens (tertiary/aromatic N) is 1. The van der Waals surface area contributed by atoms with Crippen LogP contribution in [-0.2, 0) is 5.41 Å². The van der Waals surface area contributed by atoms with Crippen LogP contribution in [0.3, 0.4) is 0 Å². The van der Waals surface area contributed by atoms with Gasteiger partial charge >= 0.3 is 0 Å². The molecule has 1 saturated heterocycles. The molecule has 0 spiro atoms. The predicted octanol–water partition coefficient (Wildman–Crippen LogP) is 3.48. The molecule has 0 amide bonds. The van der Waals surface area contributed by atoms with Crippen LogP contribution in [0.4, 0.5) is 0 Å². The van der Waals surface area contributed by atoms with Gasteiger partial charge in [-0.15, -0.1) is 0 Å². The molecule has 1 aromatic carbocycles. The van der Waals surface area contributed by atoms with E-state index in [1.807, 2.05) is 0 Å². The van der Waals surface area contributed by atoms with E-state index in [0.29, 0.717) is 17.5 Å². The smallest absolute Gasteiger partial charge is 0.0351 e. The molecule has 1 aliphatic heterocycles. The lowest BCUT2D eigenvalue weighted by Gasteiger charge is -2.44. The summed E-state index contributed by atoms with van der Waals surface area (Å²) in [4.78, 5) is 2.64. The molecular formula is C18H28N2. The molecule has 2 atom stereocenters. The maximum Gasteiger partial charge on any atom is 0.0351 e. The molecule has 2 aliphatic rings. The van der Waals surface area contributed by atoms with E-state index < -0.39 is 0 Å². The highest BCUT2D eigenvalue weighted by molar-refractivity contribution is 5.38. The van der Waals surface area contributed by atoms with E-state index in [0.717, 1.165) is 6.54 Å². The second-order valence-corrected chi connectivity index (χ2v) is 7.19. The van der Waals surface area contributed by atoms with Gasteiger partial charge in [-0.1, -0.05) is 38.1 Å². The zero-order chi connectivity index (χ0) is 14.2. The molecule has 0 saturated carbocycles. The van der Waals surface area contributed by atoms with Crippen LogP contribution in [0.2, 0.25) is 0 Å². The zero-order valence-corrected chi connectivity index (χ0v) is 13.2. The van der Waals surface area contributed by atoms with Crippen LogP contribution in [0.15, 0.2) is 24.3 Å². The topological polar surface area (TPSA) is 15.3 Å². The summed E-state index contributed by atoms with van der Waals surface area (Å²) in [5.74, 6) is 0. The van der Waals surface area contributed by atoms with Crippen molar-refractivity contribution in [2.24, 2.45) is 0 Å². The summed E-state index contributed by atoms with van der Waals surface area (Å²) in [6.07, 6.45) is 5.23. The Hall–Kier alpha value is -0.860. The lowest BCUT2D eigenvalue weighted by molar-refractivity contribution is 0.124. The minimum absolute atomic E-state index is 0.332. The van der Waals surface area contributed by atoms with Crippen LogP contribution in [-0.4, -0.2) is 31.1 Å². The summed E-state index contributed by atoms with van der Waals surface area (Å²) in [6.45, 7) is 7.13. The summed E-state index contributed by atoms with van der Waals surface area (Å²) in [7, 11) is 2.33. The van der Waals surface area contributed by atoms with Gasteiger partial charge in [0.15, 0.2) is 0 Å². The second kappa shape index (κ2) is 5.50. The molecule has 2 nitrogen and oxygen atoms in total. The van der Waals surface area contributed by atoms with Crippen molar-refractivity contribution >= 4 is 0 Å². The van der Waals surface area contributed by atoms with Gasteiger partial charge in [-0.05, 0) is 55.8 Å². The van der Waals surface area contributed by atoms with E-state index in [1.165, 1.54) is 32.2 Å². The molecule has 2 unspecified atom stereocenters. The van der Waals surface area contributed by atoms with E-state index in [1.54, 1.807) is 11.1 Å². The van der Waals surface area contributed by atoms with Crippen molar-refractivity contribution < 1.29 is 0 Å². The molecule has 2 heteroatoms. The van der Waals surface area contributed by atoms with Crippen molar-refractivity contribution in [2.45, 2.75) is 57.0 Å². The molecule has 1 aliphatic carbocycles. The highest BCUT2D eigenvalue weighted by Gasteiger charge is 2.35. The third-order valence-electron chi connectivity index (χ3n) is 5.43. The summed E-state index contributed by atoms with van der Waals surface area (Å²) in [6, 6.07) is 10.4. The first kappa shape index (κ1) is 14.1.